The summed E-state index contributed by atoms with van der Waals surface area (Å²) in [6.07, 6.45) is 0. The number of urea groups is 1. The Bertz CT molecular complexity index is 495. The van der Waals surface area contributed by atoms with Gasteiger partial charge in [0, 0.05) is 11.3 Å². The smallest absolute Gasteiger partial charge is 0.306 e. The molecule has 1 heterocycles. The number of benzene rings is 1. The molecule has 1 aromatic rings. The maximum Gasteiger partial charge on any atom is 0.342 e. The Labute approximate surface area is 99.1 Å². The molecule has 0 saturated heterocycles. The minimum absolute atomic E-state index is 0.200. The van der Waals surface area contributed by atoms with Gasteiger partial charge in [-0.3, -0.25) is 0 Å². The first-order chi connectivity index (χ1) is 7.99. The number of nitrogens with zero attached hydrogens (tertiary/aromatic N) is 2. The fourth-order valence-electron chi connectivity index (χ4n) is 1.83. The maximum atomic E-state index is 13.1. The lowest BCUT2D eigenvalue weighted by atomic mass is 10.0. The Kier molecular flexibility index (Phi) is 2.83. The SMILES string of the molecule is CC(C)=NN1C(=O)Nc2cc(F)ccc2C1C. The molecule has 90 valence electrons. The quantitative estimate of drug-likeness (QED) is 0.747. The lowest BCUT2D eigenvalue weighted by Crippen LogP contribution is -2.38. The fraction of sp³-hybridized carbons (Fsp3) is 0.333. The number of hydrazone groups is 1. The van der Waals surface area contributed by atoms with Crippen molar-refractivity contribution in [2.45, 2.75) is 26.8 Å². The van der Waals surface area contributed by atoms with Gasteiger partial charge in [-0.25, -0.2) is 14.2 Å². The summed E-state index contributed by atoms with van der Waals surface area (Å²) >= 11 is 0. The number of amides is 2. The number of anilines is 1. The number of halogens is 1. The molecule has 1 aliphatic heterocycles. The van der Waals surface area contributed by atoms with Crippen molar-refractivity contribution in [1.29, 1.82) is 0 Å². The third-order valence-corrected chi connectivity index (χ3v) is 2.59. The molecule has 0 spiro atoms. The van der Waals surface area contributed by atoms with Crippen LogP contribution in [0.4, 0.5) is 14.9 Å². The van der Waals surface area contributed by atoms with E-state index in [0.29, 0.717) is 5.69 Å². The first-order valence-corrected chi connectivity index (χ1v) is 5.40. The molecule has 1 aliphatic rings. The van der Waals surface area contributed by atoms with Gasteiger partial charge in [0.15, 0.2) is 0 Å². The summed E-state index contributed by atoms with van der Waals surface area (Å²) in [5, 5.41) is 8.16. The van der Waals surface area contributed by atoms with Gasteiger partial charge in [0.25, 0.3) is 0 Å². The molecule has 0 aliphatic carbocycles. The molecule has 1 aromatic carbocycles. The van der Waals surface area contributed by atoms with Crippen LogP contribution in [0.5, 0.6) is 0 Å². The van der Waals surface area contributed by atoms with Crippen LogP contribution in [0.3, 0.4) is 0 Å². The Morgan fingerprint density at radius 1 is 1.47 bits per heavy atom. The molecular weight excluding hydrogens is 221 g/mol. The van der Waals surface area contributed by atoms with E-state index in [0.717, 1.165) is 11.3 Å². The molecule has 1 N–H and O–H groups in total. The molecule has 4 nitrogen and oxygen atoms in total. The van der Waals surface area contributed by atoms with Gasteiger partial charge in [-0.05, 0) is 32.9 Å². The normalized spacial score (nSPS) is 18.5. The first-order valence-electron chi connectivity index (χ1n) is 5.40. The van der Waals surface area contributed by atoms with E-state index in [2.05, 4.69) is 10.4 Å². The van der Waals surface area contributed by atoms with E-state index >= 15 is 0 Å². The van der Waals surface area contributed by atoms with E-state index in [4.69, 9.17) is 0 Å². The van der Waals surface area contributed by atoms with Gasteiger partial charge in [-0.2, -0.15) is 5.10 Å². The number of fused-ring (bicyclic) bond motifs is 1. The van der Waals surface area contributed by atoms with E-state index < -0.39 is 0 Å². The molecule has 0 radical (unpaired) electrons. The zero-order valence-corrected chi connectivity index (χ0v) is 9.99. The average molecular weight is 235 g/mol. The number of carbonyl (C=O) groups excluding carboxylic acids is 1. The van der Waals surface area contributed by atoms with Crippen molar-refractivity contribution in [2.75, 3.05) is 5.32 Å². The molecule has 0 saturated carbocycles. The summed E-state index contributed by atoms with van der Waals surface area (Å²) in [5.74, 6) is -0.361. The highest BCUT2D eigenvalue weighted by atomic mass is 19.1. The molecule has 5 heteroatoms. The number of hydrogen-bond donors (Lipinski definition) is 1. The molecule has 1 unspecified atom stereocenters. The van der Waals surface area contributed by atoms with Gasteiger partial charge in [0.2, 0.25) is 0 Å². The van der Waals surface area contributed by atoms with E-state index in [1.165, 1.54) is 17.1 Å². The molecule has 0 bridgehead atoms. The second-order valence-corrected chi connectivity index (χ2v) is 4.23. The molecule has 2 amide bonds. The van der Waals surface area contributed by atoms with Crippen molar-refractivity contribution in [2.24, 2.45) is 5.10 Å². The Morgan fingerprint density at radius 3 is 2.82 bits per heavy atom. The summed E-state index contributed by atoms with van der Waals surface area (Å²) in [6, 6.07) is 3.84. The highest BCUT2D eigenvalue weighted by molar-refractivity contribution is 5.94. The van der Waals surface area contributed by atoms with Crippen molar-refractivity contribution in [3.05, 3.63) is 29.6 Å². The Morgan fingerprint density at radius 2 is 2.18 bits per heavy atom. The van der Waals surface area contributed by atoms with Crippen molar-refractivity contribution >= 4 is 17.4 Å². The zero-order chi connectivity index (χ0) is 12.6. The van der Waals surface area contributed by atoms with Crippen LogP contribution in [0.2, 0.25) is 0 Å². The predicted molar refractivity (Wildman–Crippen MR) is 64.5 cm³/mol. The van der Waals surface area contributed by atoms with Crippen LogP contribution < -0.4 is 5.32 Å². The number of hydrogen-bond acceptors (Lipinski definition) is 2. The minimum Gasteiger partial charge on any atom is -0.306 e. The molecular formula is C12H14FN3O. The number of nitrogens with one attached hydrogen (secondary N) is 1. The van der Waals surface area contributed by atoms with E-state index in [-0.39, 0.29) is 17.9 Å². The van der Waals surface area contributed by atoms with Crippen molar-refractivity contribution < 1.29 is 9.18 Å². The summed E-state index contributed by atoms with van der Waals surface area (Å²) in [7, 11) is 0. The van der Waals surface area contributed by atoms with Gasteiger partial charge in [-0.15, -0.1) is 0 Å². The van der Waals surface area contributed by atoms with Crippen LogP contribution >= 0.6 is 0 Å². The maximum absolute atomic E-state index is 13.1. The van der Waals surface area contributed by atoms with Crippen molar-refractivity contribution in [3.8, 4) is 0 Å². The Hall–Kier alpha value is -1.91. The largest absolute Gasteiger partial charge is 0.342 e. The fourth-order valence-corrected chi connectivity index (χ4v) is 1.83. The van der Waals surface area contributed by atoms with Crippen molar-refractivity contribution in [3.63, 3.8) is 0 Å². The molecule has 2 rings (SSSR count). The van der Waals surface area contributed by atoms with Crippen LogP contribution in [0.1, 0.15) is 32.4 Å². The monoisotopic (exact) mass is 235 g/mol. The first kappa shape index (κ1) is 11.6. The predicted octanol–water partition coefficient (Wildman–Crippen LogP) is 3.13. The molecule has 0 aromatic heterocycles. The van der Waals surface area contributed by atoms with Gasteiger partial charge < -0.3 is 5.32 Å². The highest BCUT2D eigenvalue weighted by Crippen LogP contribution is 2.33. The van der Waals surface area contributed by atoms with Gasteiger partial charge in [-0.1, -0.05) is 6.07 Å². The van der Waals surface area contributed by atoms with Gasteiger partial charge >= 0.3 is 6.03 Å². The topological polar surface area (TPSA) is 44.7 Å². The summed E-state index contributed by atoms with van der Waals surface area (Å²) in [4.78, 5) is 11.8. The van der Waals surface area contributed by atoms with Gasteiger partial charge in [0.05, 0.1) is 11.7 Å². The second-order valence-electron chi connectivity index (χ2n) is 4.23. The van der Waals surface area contributed by atoms with Crippen LogP contribution in [-0.2, 0) is 0 Å². The lowest BCUT2D eigenvalue weighted by molar-refractivity contribution is 0.193. The standard InChI is InChI=1S/C12H14FN3O/c1-7(2)15-16-8(3)10-5-4-9(13)6-11(10)14-12(16)17/h4-6,8H,1-3H3,(H,14,17). The third kappa shape index (κ3) is 2.13. The molecule has 0 fully saturated rings. The lowest BCUT2D eigenvalue weighted by Gasteiger charge is -2.31. The third-order valence-electron chi connectivity index (χ3n) is 2.59. The van der Waals surface area contributed by atoms with Crippen LogP contribution in [-0.4, -0.2) is 16.8 Å². The molecule has 1 atom stereocenters. The van der Waals surface area contributed by atoms with E-state index in [1.54, 1.807) is 6.07 Å². The summed E-state index contributed by atoms with van der Waals surface area (Å²) in [6.45, 7) is 5.50. The van der Waals surface area contributed by atoms with E-state index in [9.17, 15) is 9.18 Å². The summed E-state index contributed by atoms with van der Waals surface area (Å²) in [5.41, 5.74) is 2.16. The number of carbonyl (C=O) groups is 1. The molecule has 17 heavy (non-hydrogen) atoms. The van der Waals surface area contributed by atoms with Crippen LogP contribution in [0, 0.1) is 5.82 Å². The summed E-state index contributed by atoms with van der Waals surface area (Å²) < 4.78 is 13.1. The highest BCUT2D eigenvalue weighted by Gasteiger charge is 2.29. The average Bonchev–Trinajstić information content (AvgIpc) is 2.23. The van der Waals surface area contributed by atoms with Crippen molar-refractivity contribution in [1.82, 2.24) is 5.01 Å². The second kappa shape index (κ2) is 4.16. The van der Waals surface area contributed by atoms with Crippen LogP contribution in [0.25, 0.3) is 0 Å². The van der Waals surface area contributed by atoms with E-state index in [1.807, 2.05) is 20.8 Å². The zero-order valence-electron chi connectivity index (χ0n) is 9.99. The minimum atomic E-state index is -0.361. The van der Waals surface area contributed by atoms with Crippen LogP contribution in [0.15, 0.2) is 23.3 Å². The Balaban J connectivity index is 2.44. The van der Waals surface area contributed by atoms with Gasteiger partial charge in [0.1, 0.15) is 5.82 Å². The number of rotatable bonds is 1.